The molecule has 0 aromatic carbocycles. The van der Waals surface area contributed by atoms with Crippen LogP contribution in [0.1, 0.15) is 19.8 Å². The molecule has 7 heteroatoms. The predicted molar refractivity (Wildman–Crippen MR) is 71.3 cm³/mol. The highest BCUT2D eigenvalue weighted by Crippen LogP contribution is 1.96. The largest absolute Gasteiger partial charge is 0.370 e. The molecule has 18 heavy (non-hydrogen) atoms. The van der Waals surface area contributed by atoms with Crippen molar-refractivity contribution in [1.82, 2.24) is 16.0 Å². The Balaban J connectivity index is 3.88. The number of Topliss-reactive ketones (excluding diaryl/α,β-unsaturated/α-hetero) is 1. The van der Waals surface area contributed by atoms with Crippen LogP contribution in [0.3, 0.4) is 0 Å². The summed E-state index contributed by atoms with van der Waals surface area (Å²) in [5, 5.41) is 8.40. The first-order valence-electron chi connectivity index (χ1n) is 5.91. The number of guanidine groups is 1. The number of carbonyl (C=O) groups excluding carboxylic acids is 2. The topological polar surface area (TPSA) is 109 Å². The number of amides is 1. The van der Waals surface area contributed by atoms with Crippen LogP contribution in [0.5, 0.6) is 0 Å². The minimum atomic E-state index is -0.300. The summed E-state index contributed by atoms with van der Waals surface area (Å²) in [5.41, 5.74) is 5.47. The van der Waals surface area contributed by atoms with Crippen molar-refractivity contribution < 1.29 is 9.59 Å². The smallest absolute Gasteiger partial charge is 0.237 e. The van der Waals surface area contributed by atoms with Gasteiger partial charge in [0.25, 0.3) is 0 Å². The molecular formula is C11H23N5O2. The van der Waals surface area contributed by atoms with Crippen molar-refractivity contribution in [3.63, 3.8) is 0 Å². The maximum atomic E-state index is 11.7. The Kier molecular flexibility index (Phi) is 8.55. The molecule has 0 rings (SSSR count). The first-order valence-corrected chi connectivity index (χ1v) is 5.91. The molecule has 1 amide bonds. The second kappa shape index (κ2) is 9.41. The van der Waals surface area contributed by atoms with E-state index in [9.17, 15) is 9.59 Å². The van der Waals surface area contributed by atoms with E-state index in [4.69, 9.17) is 5.73 Å². The molecule has 0 aliphatic carbocycles. The third kappa shape index (κ3) is 7.61. The Morgan fingerprint density at radius 1 is 1.33 bits per heavy atom. The average molecular weight is 257 g/mol. The molecule has 0 aliphatic rings. The minimum absolute atomic E-state index is 0.0631. The molecule has 0 bridgehead atoms. The van der Waals surface area contributed by atoms with Gasteiger partial charge in [-0.15, -0.1) is 0 Å². The minimum Gasteiger partial charge on any atom is -0.370 e. The van der Waals surface area contributed by atoms with E-state index in [2.05, 4.69) is 20.9 Å². The van der Waals surface area contributed by atoms with Gasteiger partial charge in [-0.2, -0.15) is 0 Å². The molecule has 0 heterocycles. The van der Waals surface area contributed by atoms with Gasteiger partial charge in [0.2, 0.25) is 5.91 Å². The lowest BCUT2D eigenvalue weighted by atomic mass is 10.1. The number of aliphatic imine (C=N–C) groups is 1. The number of hydrogen-bond acceptors (Lipinski definition) is 4. The van der Waals surface area contributed by atoms with Crippen LogP contribution < -0.4 is 21.7 Å². The second-order valence-electron chi connectivity index (χ2n) is 3.94. The van der Waals surface area contributed by atoms with Crippen molar-refractivity contribution in [2.45, 2.75) is 25.8 Å². The van der Waals surface area contributed by atoms with Crippen molar-refractivity contribution >= 4 is 17.6 Å². The Morgan fingerprint density at radius 3 is 2.50 bits per heavy atom. The zero-order valence-corrected chi connectivity index (χ0v) is 11.2. The highest BCUT2D eigenvalue weighted by Gasteiger charge is 2.15. The summed E-state index contributed by atoms with van der Waals surface area (Å²) in [4.78, 5) is 26.2. The molecule has 104 valence electrons. The number of hydrogen-bond donors (Lipinski definition) is 4. The van der Waals surface area contributed by atoms with Gasteiger partial charge in [-0.05, 0) is 26.8 Å². The third-order valence-corrected chi connectivity index (χ3v) is 2.39. The molecule has 0 aromatic rings. The van der Waals surface area contributed by atoms with Gasteiger partial charge in [-0.3, -0.25) is 14.6 Å². The number of nitrogens with zero attached hydrogens (tertiary/aromatic N) is 1. The molecule has 0 aliphatic heterocycles. The van der Waals surface area contributed by atoms with Crippen LogP contribution >= 0.6 is 0 Å². The SMILES string of the molecule is CN=C(N)NCCCC(NC)C(=O)NCC(C)=O. The number of likely N-dealkylation sites (N-methyl/N-ethyl adjacent to an activating group) is 1. The third-order valence-electron chi connectivity index (χ3n) is 2.39. The summed E-state index contributed by atoms with van der Waals surface area (Å²) in [6.45, 7) is 2.16. The maximum Gasteiger partial charge on any atom is 0.237 e. The van der Waals surface area contributed by atoms with E-state index in [1.807, 2.05) is 0 Å². The summed E-state index contributed by atoms with van der Waals surface area (Å²) >= 11 is 0. The molecule has 1 unspecified atom stereocenters. The molecule has 1 atom stereocenters. The summed E-state index contributed by atoms with van der Waals surface area (Å²) < 4.78 is 0. The lowest BCUT2D eigenvalue weighted by Gasteiger charge is -2.15. The van der Waals surface area contributed by atoms with Gasteiger partial charge in [0.15, 0.2) is 5.96 Å². The van der Waals surface area contributed by atoms with E-state index in [1.54, 1.807) is 14.1 Å². The molecule has 0 saturated heterocycles. The summed E-state index contributed by atoms with van der Waals surface area (Å²) in [6, 6.07) is -0.300. The first-order chi connectivity index (χ1) is 8.51. The lowest BCUT2D eigenvalue weighted by molar-refractivity contribution is -0.126. The van der Waals surface area contributed by atoms with E-state index >= 15 is 0 Å². The monoisotopic (exact) mass is 257 g/mol. The Labute approximate surface area is 108 Å². The highest BCUT2D eigenvalue weighted by atomic mass is 16.2. The van der Waals surface area contributed by atoms with Gasteiger partial charge in [0.05, 0.1) is 12.6 Å². The van der Waals surface area contributed by atoms with Crippen LogP contribution in [0.15, 0.2) is 4.99 Å². The van der Waals surface area contributed by atoms with E-state index in [0.29, 0.717) is 18.9 Å². The van der Waals surface area contributed by atoms with Gasteiger partial charge in [0, 0.05) is 13.6 Å². The maximum absolute atomic E-state index is 11.7. The Hall–Kier alpha value is -1.63. The second-order valence-corrected chi connectivity index (χ2v) is 3.94. The van der Waals surface area contributed by atoms with Crippen molar-refractivity contribution in [2.75, 3.05) is 27.2 Å². The predicted octanol–water partition coefficient (Wildman–Crippen LogP) is -1.41. The molecule has 0 radical (unpaired) electrons. The number of carbonyl (C=O) groups is 2. The fourth-order valence-corrected chi connectivity index (χ4v) is 1.34. The number of nitrogens with two attached hydrogens (primary N) is 1. The fraction of sp³-hybridized carbons (Fsp3) is 0.727. The van der Waals surface area contributed by atoms with Crippen LogP contribution in [-0.2, 0) is 9.59 Å². The number of rotatable bonds is 8. The summed E-state index contributed by atoms with van der Waals surface area (Å²) in [7, 11) is 3.32. The zero-order valence-electron chi connectivity index (χ0n) is 11.2. The molecule has 7 nitrogen and oxygen atoms in total. The van der Waals surface area contributed by atoms with Gasteiger partial charge < -0.3 is 21.7 Å². The van der Waals surface area contributed by atoms with Crippen molar-refractivity contribution in [3.05, 3.63) is 0 Å². The van der Waals surface area contributed by atoms with E-state index in [0.717, 1.165) is 6.42 Å². The summed E-state index contributed by atoms with van der Waals surface area (Å²) in [5.74, 6) is 0.161. The van der Waals surface area contributed by atoms with E-state index in [-0.39, 0.29) is 24.3 Å². The molecular weight excluding hydrogens is 234 g/mol. The Bertz CT molecular complexity index is 304. The molecule has 0 fully saturated rings. The van der Waals surface area contributed by atoms with Crippen LogP contribution in [0.2, 0.25) is 0 Å². The van der Waals surface area contributed by atoms with E-state index < -0.39 is 0 Å². The fourth-order valence-electron chi connectivity index (χ4n) is 1.34. The normalized spacial score (nSPS) is 12.9. The van der Waals surface area contributed by atoms with Crippen molar-refractivity contribution in [2.24, 2.45) is 10.7 Å². The van der Waals surface area contributed by atoms with Gasteiger partial charge >= 0.3 is 0 Å². The molecule has 0 aromatic heterocycles. The van der Waals surface area contributed by atoms with Crippen molar-refractivity contribution in [1.29, 1.82) is 0 Å². The lowest BCUT2D eigenvalue weighted by Crippen LogP contribution is -2.44. The van der Waals surface area contributed by atoms with Crippen LogP contribution in [-0.4, -0.2) is 50.9 Å². The molecule has 0 saturated carbocycles. The number of nitrogens with one attached hydrogen (secondary N) is 3. The highest BCUT2D eigenvalue weighted by molar-refractivity contribution is 5.87. The molecule has 0 spiro atoms. The summed E-state index contributed by atoms with van der Waals surface area (Å²) in [6.07, 6.45) is 1.43. The number of ketones is 1. The standard InChI is InChI=1S/C11H23N5O2/c1-8(17)7-16-10(18)9(13-2)5-4-6-15-11(12)14-3/h9,13H,4-7H2,1-3H3,(H,16,18)(H3,12,14,15). The molecule has 5 N–H and O–H groups in total. The average Bonchev–Trinajstić information content (AvgIpc) is 2.35. The van der Waals surface area contributed by atoms with Gasteiger partial charge in [0.1, 0.15) is 5.78 Å². The van der Waals surface area contributed by atoms with Crippen LogP contribution in [0.4, 0.5) is 0 Å². The van der Waals surface area contributed by atoms with Gasteiger partial charge in [-0.1, -0.05) is 0 Å². The van der Waals surface area contributed by atoms with Gasteiger partial charge in [-0.25, -0.2) is 0 Å². The quantitative estimate of drug-likeness (QED) is 0.243. The first kappa shape index (κ1) is 16.4. The van der Waals surface area contributed by atoms with E-state index in [1.165, 1.54) is 6.92 Å². The van der Waals surface area contributed by atoms with Crippen LogP contribution in [0, 0.1) is 0 Å². The van der Waals surface area contributed by atoms with Crippen LogP contribution in [0.25, 0.3) is 0 Å². The van der Waals surface area contributed by atoms with Crippen molar-refractivity contribution in [3.8, 4) is 0 Å². The Morgan fingerprint density at radius 2 is 2.00 bits per heavy atom. The zero-order chi connectivity index (χ0) is 14.0.